The topological polar surface area (TPSA) is 53.4 Å². The number of hydrogen-bond donors (Lipinski definition) is 1. The normalized spacial score (nSPS) is 16.5. The maximum atomic E-state index is 10.5. The lowest BCUT2D eigenvalue weighted by molar-refractivity contribution is 0.104. The van der Waals surface area contributed by atoms with E-state index in [0.717, 1.165) is 5.69 Å². The first kappa shape index (κ1) is 9.27. The SMILES string of the molecule is O=C(O)N1CC(c2ccc(Cl)cn2)C1. The summed E-state index contributed by atoms with van der Waals surface area (Å²) in [5, 5.41) is 9.23. The number of halogens is 1. The smallest absolute Gasteiger partial charge is 0.407 e. The number of pyridine rings is 1. The van der Waals surface area contributed by atoms with Crippen molar-refractivity contribution < 1.29 is 9.90 Å². The molecule has 0 unspecified atom stereocenters. The van der Waals surface area contributed by atoms with Gasteiger partial charge in [-0.05, 0) is 12.1 Å². The molecule has 1 aliphatic rings. The third-order valence-electron chi connectivity index (χ3n) is 2.32. The monoisotopic (exact) mass is 212 g/mol. The summed E-state index contributed by atoms with van der Waals surface area (Å²) in [6, 6.07) is 3.61. The van der Waals surface area contributed by atoms with E-state index in [1.807, 2.05) is 6.07 Å². The van der Waals surface area contributed by atoms with Crippen LogP contribution in [0.2, 0.25) is 5.02 Å². The van der Waals surface area contributed by atoms with E-state index < -0.39 is 6.09 Å². The van der Waals surface area contributed by atoms with E-state index in [-0.39, 0.29) is 5.92 Å². The van der Waals surface area contributed by atoms with Gasteiger partial charge in [0.05, 0.1) is 5.02 Å². The maximum Gasteiger partial charge on any atom is 0.407 e. The van der Waals surface area contributed by atoms with Gasteiger partial charge >= 0.3 is 6.09 Å². The number of carbonyl (C=O) groups is 1. The summed E-state index contributed by atoms with van der Waals surface area (Å²) in [6.07, 6.45) is 0.718. The van der Waals surface area contributed by atoms with Crippen molar-refractivity contribution in [2.75, 3.05) is 13.1 Å². The summed E-state index contributed by atoms with van der Waals surface area (Å²) in [4.78, 5) is 16.0. The van der Waals surface area contributed by atoms with Gasteiger partial charge in [-0.15, -0.1) is 0 Å². The van der Waals surface area contributed by atoms with Crippen molar-refractivity contribution in [3.63, 3.8) is 0 Å². The zero-order valence-electron chi connectivity index (χ0n) is 7.35. The average molecular weight is 213 g/mol. The molecule has 0 spiro atoms. The van der Waals surface area contributed by atoms with Crippen molar-refractivity contribution in [3.05, 3.63) is 29.0 Å². The van der Waals surface area contributed by atoms with Crippen molar-refractivity contribution in [1.29, 1.82) is 0 Å². The van der Waals surface area contributed by atoms with Crippen molar-refractivity contribution in [3.8, 4) is 0 Å². The van der Waals surface area contributed by atoms with E-state index >= 15 is 0 Å². The molecular weight excluding hydrogens is 204 g/mol. The van der Waals surface area contributed by atoms with E-state index in [2.05, 4.69) is 4.98 Å². The molecule has 14 heavy (non-hydrogen) atoms. The number of likely N-dealkylation sites (tertiary alicyclic amines) is 1. The molecule has 0 bridgehead atoms. The van der Waals surface area contributed by atoms with Gasteiger partial charge in [0.25, 0.3) is 0 Å². The summed E-state index contributed by atoms with van der Waals surface area (Å²) in [5.41, 5.74) is 0.909. The average Bonchev–Trinajstić information content (AvgIpc) is 2.05. The molecule has 2 heterocycles. The fraction of sp³-hybridized carbons (Fsp3) is 0.333. The number of carboxylic acid groups (broad SMARTS) is 1. The number of amides is 1. The van der Waals surface area contributed by atoms with Crippen LogP contribution < -0.4 is 0 Å². The Balaban J connectivity index is 2.00. The molecule has 1 aromatic heterocycles. The van der Waals surface area contributed by atoms with E-state index in [4.69, 9.17) is 16.7 Å². The molecule has 0 radical (unpaired) electrons. The second-order valence-corrected chi connectivity index (χ2v) is 3.72. The van der Waals surface area contributed by atoms with Crippen molar-refractivity contribution in [2.45, 2.75) is 5.92 Å². The fourth-order valence-corrected chi connectivity index (χ4v) is 1.56. The lowest BCUT2D eigenvalue weighted by atomic mass is 9.96. The standard InChI is InChI=1S/C9H9ClN2O2/c10-7-1-2-8(11-3-7)6-4-12(5-6)9(13)14/h1-3,6H,4-5H2,(H,13,14). The molecule has 0 aliphatic carbocycles. The first-order valence-corrected chi connectivity index (χ1v) is 4.64. The van der Waals surface area contributed by atoms with Gasteiger partial charge < -0.3 is 10.0 Å². The summed E-state index contributed by atoms with van der Waals surface area (Å²) < 4.78 is 0. The van der Waals surface area contributed by atoms with Gasteiger partial charge in [0.1, 0.15) is 0 Å². The zero-order valence-corrected chi connectivity index (χ0v) is 8.11. The molecule has 1 aliphatic heterocycles. The minimum atomic E-state index is -0.866. The lowest BCUT2D eigenvalue weighted by Crippen LogP contribution is -2.48. The highest BCUT2D eigenvalue weighted by atomic mass is 35.5. The maximum absolute atomic E-state index is 10.5. The molecule has 0 saturated carbocycles. The van der Waals surface area contributed by atoms with Crippen LogP contribution in [0.1, 0.15) is 11.6 Å². The van der Waals surface area contributed by atoms with Crippen LogP contribution in [0.5, 0.6) is 0 Å². The highest BCUT2D eigenvalue weighted by Gasteiger charge is 2.32. The molecule has 74 valence electrons. The van der Waals surface area contributed by atoms with Crippen LogP contribution in [0.25, 0.3) is 0 Å². The quantitative estimate of drug-likeness (QED) is 0.773. The molecule has 1 fully saturated rings. The Morgan fingerprint density at radius 2 is 2.29 bits per heavy atom. The van der Waals surface area contributed by atoms with Gasteiger partial charge in [-0.1, -0.05) is 11.6 Å². The molecule has 0 aromatic carbocycles. The van der Waals surface area contributed by atoms with Gasteiger partial charge in [0.2, 0.25) is 0 Å². The predicted molar refractivity (Wildman–Crippen MR) is 51.6 cm³/mol. The number of rotatable bonds is 1. The van der Waals surface area contributed by atoms with Crippen LogP contribution in [0.4, 0.5) is 4.79 Å². The molecule has 1 amide bonds. The summed E-state index contributed by atoms with van der Waals surface area (Å²) >= 11 is 5.69. The fourth-order valence-electron chi connectivity index (χ4n) is 1.45. The Kier molecular flexibility index (Phi) is 2.29. The molecule has 5 heteroatoms. The summed E-state index contributed by atoms with van der Waals surface area (Å²) in [6.45, 7) is 1.06. The van der Waals surface area contributed by atoms with Gasteiger partial charge in [-0.2, -0.15) is 0 Å². The van der Waals surface area contributed by atoms with Crippen molar-refractivity contribution in [2.24, 2.45) is 0 Å². The number of nitrogens with zero attached hydrogens (tertiary/aromatic N) is 2. The van der Waals surface area contributed by atoms with Gasteiger partial charge in [0.15, 0.2) is 0 Å². The van der Waals surface area contributed by atoms with E-state index in [9.17, 15) is 4.79 Å². The second kappa shape index (κ2) is 3.46. The summed E-state index contributed by atoms with van der Waals surface area (Å²) in [5.74, 6) is 0.225. The Labute approximate surface area is 86.1 Å². The molecule has 0 atom stereocenters. The summed E-state index contributed by atoms with van der Waals surface area (Å²) in [7, 11) is 0. The van der Waals surface area contributed by atoms with E-state index in [0.29, 0.717) is 18.1 Å². The van der Waals surface area contributed by atoms with Gasteiger partial charge in [0, 0.05) is 30.9 Å². The van der Waals surface area contributed by atoms with Gasteiger partial charge in [-0.25, -0.2) is 4.79 Å². The largest absolute Gasteiger partial charge is 0.465 e. The number of aromatic nitrogens is 1. The van der Waals surface area contributed by atoms with Crippen molar-refractivity contribution in [1.82, 2.24) is 9.88 Å². The van der Waals surface area contributed by atoms with Gasteiger partial charge in [-0.3, -0.25) is 4.98 Å². The highest BCUT2D eigenvalue weighted by Crippen LogP contribution is 2.25. The van der Waals surface area contributed by atoms with Crippen LogP contribution in [0, 0.1) is 0 Å². The van der Waals surface area contributed by atoms with Crippen LogP contribution >= 0.6 is 11.6 Å². The first-order chi connectivity index (χ1) is 6.66. The van der Waals surface area contributed by atoms with Crippen LogP contribution in [0.3, 0.4) is 0 Å². The van der Waals surface area contributed by atoms with Crippen LogP contribution in [0.15, 0.2) is 18.3 Å². The third kappa shape index (κ3) is 1.65. The number of hydrogen-bond acceptors (Lipinski definition) is 2. The Morgan fingerprint density at radius 1 is 1.57 bits per heavy atom. The predicted octanol–water partition coefficient (Wildman–Crippen LogP) is 1.81. The molecule has 1 aromatic rings. The Bertz CT molecular complexity index is 346. The first-order valence-electron chi connectivity index (χ1n) is 4.26. The van der Waals surface area contributed by atoms with Crippen LogP contribution in [-0.4, -0.2) is 34.2 Å². The molecular formula is C9H9ClN2O2. The third-order valence-corrected chi connectivity index (χ3v) is 2.54. The van der Waals surface area contributed by atoms with E-state index in [1.54, 1.807) is 12.3 Å². The minimum Gasteiger partial charge on any atom is -0.465 e. The van der Waals surface area contributed by atoms with Crippen LogP contribution in [-0.2, 0) is 0 Å². The second-order valence-electron chi connectivity index (χ2n) is 3.29. The molecule has 1 N–H and O–H groups in total. The lowest BCUT2D eigenvalue weighted by Gasteiger charge is -2.36. The molecule has 2 rings (SSSR count). The Hall–Kier alpha value is -1.29. The highest BCUT2D eigenvalue weighted by molar-refractivity contribution is 6.30. The van der Waals surface area contributed by atoms with E-state index in [1.165, 1.54) is 4.90 Å². The van der Waals surface area contributed by atoms with Crippen molar-refractivity contribution >= 4 is 17.7 Å². The molecule has 1 saturated heterocycles. The molecule has 4 nitrogen and oxygen atoms in total. The minimum absolute atomic E-state index is 0.225. The zero-order chi connectivity index (χ0) is 10.1. The Morgan fingerprint density at radius 3 is 2.79 bits per heavy atom.